The largest absolute Gasteiger partial charge is 0.396 e. The lowest BCUT2D eigenvalue weighted by molar-refractivity contribution is 0.270. The first-order valence-electron chi connectivity index (χ1n) is 4.12. The Balaban J connectivity index is 3.20. The molecule has 1 rings (SSSR count). The average Bonchev–Trinajstić information content (AvgIpc) is 2.10. The van der Waals surface area contributed by atoms with Crippen molar-refractivity contribution in [1.82, 2.24) is 0 Å². The van der Waals surface area contributed by atoms with Crippen molar-refractivity contribution in [2.24, 2.45) is 0 Å². The van der Waals surface area contributed by atoms with Crippen LogP contribution in [0.15, 0.2) is 16.6 Å². The van der Waals surface area contributed by atoms with E-state index in [1.54, 1.807) is 19.1 Å². The molecule has 0 heterocycles. The molecule has 1 atom stereocenters. The molecule has 0 aliphatic rings. The van der Waals surface area contributed by atoms with Crippen LogP contribution in [0.25, 0.3) is 0 Å². The van der Waals surface area contributed by atoms with Crippen molar-refractivity contribution in [1.29, 1.82) is 0 Å². The molecule has 1 unspecified atom stereocenters. The molecule has 0 aromatic heterocycles. The summed E-state index contributed by atoms with van der Waals surface area (Å²) >= 11 is 3.14. The van der Waals surface area contributed by atoms with Gasteiger partial charge in [0.25, 0.3) is 0 Å². The molecule has 0 spiro atoms. The Bertz CT molecular complexity index is 312. The van der Waals surface area contributed by atoms with Crippen LogP contribution in [-0.4, -0.2) is 11.7 Å². The Morgan fingerprint density at radius 1 is 1.54 bits per heavy atom. The fraction of sp³-hybridized carbons (Fsp3) is 0.400. The van der Waals surface area contributed by atoms with Gasteiger partial charge in [0.15, 0.2) is 0 Å². The Labute approximate surface area is 85.7 Å². The van der Waals surface area contributed by atoms with E-state index in [1.807, 2.05) is 6.92 Å². The summed E-state index contributed by atoms with van der Waals surface area (Å²) < 4.78 is 13.9. The standard InChI is InChI=1S/C10H12BrFO/c1-6-3-8(7(2)5-13)10(12)9(11)4-6/h3-4,7,13H,5H2,1-2H3. The zero-order chi connectivity index (χ0) is 10.0. The van der Waals surface area contributed by atoms with E-state index < -0.39 is 0 Å². The zero-order valence-electron chi connectivity index (χ0n) is 7.64. The quantitative estimate of drug-likeness (QED) is 0.851. The topological polar surface area (TPSA) is 20.2 Å². The van der Waals surface area contributed by atoms with Crippen molar-refractivity contribution in [2.75, 3.05) is 6.61 Å². The lowest BCUT2D eigenvalue weighted by Gasteiger charge is -2.11. The van der Waals surface area contributed by atoms with Crippen molar-refractivity contribution >= 4 is 15.9 Å². The Kier molecular flexibility index (Phi) is 3.45. The monoisotopic (exact) mass is 246 g/mol. The van der Waals surface area contributed by atoms with Crippen molar-refractivity contribution in [2.45, 2.75) is 19.8 Å². The third-order valence-corrected chi connectivity index (χ3v) is 2.58. The molecule has 13 heavy (non-hydrogen) atoms. The summed E-state index contributed by atoms with van der Waals surface area (Å²) in [6, 6.07) is 3.49. The summed E-state index contributed by atoms with van der Waals surface area (Å²) in [6.45, 7) is 3.66. The average molecular weight is 247 g/mol. The highest BCUT2D eigenvalue weighted by molar-refractivity contribution is 9.10. The maximum atomic E-state index is 13.5. The molecule has 1 aromatic rings. The summed E-state index contributed by atoms with van der Waals surface area (Å²) in [6.07, 6.45) is 0. The van der Waals surface area contributed by atoms with Crippen molar-refractivity contribution in [3.63, 3.8) is 0 Å². The molecular weight excluding hydrogens is 235 g/mol. The minimum atomic E-state index is -0.271. The second-order valence-corrected chi connectivity index (χ2v) is 4.09. The van der Waals surface area contributed by atoms with Crippen LogP contribution in [0.5, 0.6) is 0 Å². The SMILES string of the molecule is Cc1cc(Br)c(F)c(C(C)CO)c1. The fourth-order valence-corrected chi connectivity index (χ4v) is 1.80. The molecule has 0 amide bonds. The summed E-state index contributed by atoms with van der Waals surface area (Å²) in [5.74, 6) is -0.427. The summed E-state index contributed by atoms with van der Waals surface area (Å²) in [7, 11) is 0. The van der Waals surface area contributed by atoms with E-state index in [4.69, 9.17) is 5.11 Å². The van der Waals surface area contributed by atoms with E-state index in [9.17, 15) is 4.39 Å². The Hall–Kier alpha value is -0.410. The minimum absolute atomic E-state index is 0.0349. The molecule has 0 saturated heterocycles. The maximum absolute atomic E-state index is 13.5. The Morgan fingerprint density at radius 2 is 2.15 bits per heavy atom. The molecule has 1 N–H and O–H groups in total. The van der Waals surface area contributed by atoms with E-state index in [1.165, 1.54) is 0 Å². The molecule has 0 fully saturated rings. The number of benzene rings is 1. The van der Waals surface area contributed by atoms with Gasteiger partial charge < -0.3 is 5.11 Å². The summed E-state index contributed by atoms with van der Waals surface area (Å²) in [5, 5.41) is 8.91. The fourth-order valence-electron chi connectivity index (χ4n) is 1.21. The molecule has 0 aliphatic carbocycles. The van der Waals surface area contributed by atoms with Crippen molar-refractivity contribution < 1.29 is 9.50 Å². The van der Waals surface area contributed by atoms with Gasteiger partial charge in [-0.05, 0) is 40.0 Å². The third kappa shape index (κ3) is 2.29. The third-order valence-electron chi connectivity index (χ3n) is 2.01. The highest BCUT2D eigenvalue weighted by Crippen LogP contribution is 2.26. The number of hydrogen-bond acceptors (Lipinski definition) is 1. The predicted octanol–water partition coefficient (Wildman–Crippen LogP) is 2.99. The van der Waals surface area contributed by atoms with Gasteiger partial charge in [-0.3, -0.25) is 0 Å². The van der Waals surface area contributed by atoms with Gasteiger partial charge in [-0.15, -0.1) is 0 Å². The van der Waals surface area contributed by atoms with Crippen LogP contribution in [-0.2, 0) is 0 Å². The van der Waals surface area contributed by atoms with Crippen LogP contribution >= 0.6 is 15.9 Å². The first kappa shape index (κ1) is 10.7. The Morgan fingerprint density at radius 3 is 2.69 bits per heavy atom. The number of rotatable bonds is 2. The smallest absolute Gasteiger partial charge is 0.140 e. The summed E-state index contributed by atoms with van der Waals surface area (Å²) in [5.41, 5.74) is 1.55. The molecule has 3 heteroatoms. The highest BCUT2D eigenvalue weighted by Gasteiger charge is 2.12. The van der Waals surface area contributed by atoms with Gasteiger partial charge in [0.2, 0.25) is 0 Å². The van der Waals surface area contributed by atoms with E-state index in [0.29, 0.717) is 10.0 Å². The predicted molar refractivity (Wildman–Crippen MR) is 54.3 cm³/mol. The molecular formula is C10H12BrFO. The van der Waals surface area contributed by atoms with E-state index in [0.717, 1.165) is 5.56 Å². The second kappa shape index (κ2) is 4.20. The number of hydrogen-bond donors (Lipinski definition) is 1. The first-order valence-corrected chi connectivity index (χ1v) is 4.92. The van der Waals surface area contributed by atoms with Gasteiger partial charge in [0.05, 0.1) is 4.47 Å². The van der Waals surface area contributed by atoms with Crippen LogP contribution < -0.4 is 0 Å². The number of halogens is 2. The summed E-state index contributed by atoms with van der Waals surface area (Å²) in [4.78, 5) is 0. The van der Waals surface area contributed by atoms with E-state index in [-0.39, 0.29) is 18.3 Å². The number of aryl methyl sites for hydroxylation is 1. The molecule has 0 bridgehead atoms. The molecule has 1 aromatic carbocycles. The van der Waals surface area contributed by atoms with Gasteiger partial charge >= 0.3 is 0 Å². The molecule has 1 nitrogen and oxygen atoms in total. The highest BCUT2D eigenvalue weighted by atomic mass is 79.9. The van der Waals surface area contributed by atoms with Gasteiger partial charge in [-0.25, -0.2) is 4.39 Å². The van der Waals surface area contributed by atoms with E-state index in [2.05, 4.69) is 15.9 Å². The van der Waals surface area contributed by atoms with Crippen molar-refractivity contribution in [3.8, 4) is 0 Å². The van der Waals surface area contributed by atoms with E-state index >= 15 is 0 Å². The second-order valence-electron chi connectivity index (χ2n) is 3.23. The van der Waals surface area contributed by atoms with Gasteiger partial charge in [-0.1, -0.05) is 13.0 Å². The van der Waals surface area contributed by atoms with Crippen LogP contribution in [0.3, 0.4) is 0 Å². The molecule has 72 valence electrons. The molecule has 0 aliphatic heterocycles. The lowest BCUT2D eigenvalue weighted by atomic mass is 10.00. The zero-order valence-corrected chi connectivity index (χ0v) is 9.23. The van der Waals surface area contributed by atoms with Crippen molar-refractivity contribution in [3.05, 3.63) is 33.5 Å². The molecule has 0 saturated carbocycles. The number of aliphatic hydroxyl groups is 1. The normalized spacial score (nSPS) is 13.0. The van der Waals surface area contributed by atoms with Gasteiger partial charge in [0.1, 0.15) is 5.82 Å². The lowest BCUT2D eigenvalue weighted by Crippen LogP contribution is -2.03. The maximum Gasteiger partial charge on any atom is 0.140 e. The van der Waals surface area contributed by atoms with Gasteiger partial charge in [-0.2, -0.15) is 0 Å². The molecule has 0 radical (unpaired) electrons. The number of aliphatic hydroxyl groups excluding tert-OH is 1. The van der Waals surface area contributed by atoms with Gasteiger partial charge in [0, 0.05) is 12.5 Å². The minimum Gasteiger partial charge on any atom is -0.396 e. The van der Waals surface area contributed by atoms with Crippen LogP contribution in [0.2, 0.25) is 0 Å². The van der Waals surface area contributed by atoms with Crippen LogP contribution in [0.1, 0.15) is 24.0 Å². The van der Waals surface area contributed by atoms with Crippen LogP contribution in [0, 0.1) is 12.7 Å². The first-order chi connectivity index (χ1) is 6.06. The van der Waals surface area contributed by atoms with Crippen LogP contribution in [0.4, 0.5) is 4.39 Å².